The minimum Gasteiger partial charge on any atom is -0.345 e. The number of amides is 1. The molecule has 0 aliphatic heterocycles. The number of aromatic nitrogens is 3. The van der Waals surface area contributed by atoms with Crippen LogP contribution >= 0.6 is 12.4 Å². The molecule has 0 aromatic carbocycles. The topological polar surface area (TPSA) is 85.3 Å². The Bertz CT molecular complexity index is 613. The zero-order chi connectivity index (χ0) is 14.8. The molecule has 6 nitrogen and oxygen atoms in total. The van der Waals surface area contributed by atoms with Crippen molar-refractivity contribution in [2.24, 2.45) is 5.73 Å². The first-order valence-electron chi connectivity index (χ1n) is 6.89. The van der Waals surface area contributed by atoms with Gasteiger partial charge < -0.3 is 11.1 Å². The lowest BCUT2D eigenvalue weighted by Gasteiger charge is -2.31. The first kappa shape index (κ1) is 17.4. The number of fused-ring (bicyclic) bond motifs is 1. The van der Waals surface area contributed by atoms with Crippen molar-refractivity contribution in [3.63, 3.8) is 0 Å². The number of nitrogens with two attached hydrogens (primary N) is 1. The number of hydrogen-bond acceptors (Lipinski definition) is 4. The first-order valence-corrected chi connectivity index (χ1v) is 6.89. The molecule has 0 spiro atoms. The summed E-state index contributed by atoms with van der Waals surface area (Å²) in [4.78, 5) is 16.8. The predicted molar refractivity (Wildman–Crippen MR) is 84.8 cm³/mol. The Kier molecular flexibility index (Phi) is 5.69. The number of halogens is 1. The van der Waals surface area contributed by atoms with Crippen LogP contribution in [0.3, 0.4) is 0 Å². The largest absolute Gasteiger partial charge is 0.345 e. The maximum absolute atomic E-state index is 12.5. The molecule has 0 radical (unpaired) electrons. The van der Waals surface area contributed by atoms with Gasteiger partial charge >= 0.3 is 0 Å². The van der Waals surface area contributed by atoms with E-state index in [1.54, 1.807) is 16.9 Å². The molecule has 7 heteroatoms. The average molecular weight is 312 g/mol. The average Bonchev–Trinajstić information content (AvgIpc) is 2.88. The molecule has 3 N–H and O–H groups in total. The van der Waals surface area contributed by atoms with Crippen molar-refractivity contribution < 1.29 is 4.79 Å². The van der Waals surface area contributed by atoms with Gasteiger partial charge in [-0.05, 0) is 25.8 Å². The molecular formula is C14H22ClN5O. The molecule has 0 saturated heterocycles. The van der Waals surface area contributed by atoms with Crippen molar-refractivity contribution in [3.8, 4) is 0 Å². The fourth-order valence-corrected chi connectivity index (χ4v) is 2.19. The number of aryl methyl sites for hydroxylation is 1. The highest BCUT2D eigenvalue weighted by molar-refractivity contribution is 6.00. The van der Waals surface area contributed by atoms with E-state index in [1.807, 2.05) is 26.8 Å². The van der Waals surface area contributed by atoms with E-state index in [0.29, 0.717) is 17.8 Å². The van der Waals surface area contributed by atoms with Gasteiger partial charge in [-0.1, -0.05) is 13.8 Å². The second-order valence-electron chi connectivity index (χ2n) is 5.04. The smallest absolute Gasteiger partial charge is 0.257 e. The zero-order valence-corrected chi connectivity index (χ0v) is 13.4. The molecule has 2 aromatic rings. The van der Waals surface area contributed by atoms with Crippen LogP contribution in [0.15, 0.2) is 18.5 Å². The number of nitrogens with one attached hydrogen (secondary N) is 1. The minimum atomic E-state index is -0.366. The molecule has 0 aliphatic carbocycles. The predicted octanol–water partition coefficient (Wildman–Crippen LogP) is 1.71. The van der Waals surface area contributed by atoms with E-state index >= 15 is 0 Å². The summed E-state index contributed by atoms with van der Waals surface area (Å²) in [5.41, 5.74) is 7.35. The SMILES string of the molecule is CCC(CC)(CN)NC(=O)c1cnn2ccc(C)nc12.Cl. The summed E-state index contributed by atoms with van der Waals surface area (Å²) in [6.45, 7) is 6.35. The number of hydrogen-bond donors (Lipinski definition) is 2. The quantitative estimate of drug-likeness (QED) is 0.880. The fraction of sp³-hybridized carbons (Fsp3) is 0.500. The van der Waals surface area contributed by atoms with Crippen LogP contribution in [0.25, 0.3) is 5.65 Å². The second kappa shape index (κ2) is 6.87. The Hall–Kier alpha value is -1.66. The van der Waals surface area contributed by atoms with Crippen LogP contribution in [0.4, 0.5) is 0 Å². The van der Waals surface area contributed by atoms with E-state index < -0.39 is 0 Å². The molecule has 2 rings (SSSR count). The van der Waals surface area contributed by atoms with Crippen molar-refractivity contribution >= 4 is 24.0 Å². The van der Waals surface area contributed by atoms with E-state index in [1.165, 1.54) is 0 Å². The van der Waals surface area contributed by atoms with Crippen molar-refractivity contribution in [3.05, 3.63) is 29.7 Å². The van der Waals surface area contributed by atoms with Gasteiger partial charge in [0.25, 0.3) is 5.91 Å². The van der Waals surface area contributed by atoms with Crippen molar-refractivity contribution in [1.82, 2.24) is 19.9 Å². The molecule has 0 bridgehead atoms. The van der Waals surface area contributed by atoms with E-state index in [-0.39, 0.29) is 23.9 Å². The first-order chi connectivity index (χ1) is 9.55. The lowest BCUT2D eigenvalue weighted by atomic mass is 9.92. The molecular weight excluding hydrogens is 290 g/mol. The van der Waals surface area contributed by atoms with E-state index in [4.69, 9.17) is 5.73 Å². The van der Waals surface area contributed by atoms with Crippen LogP contribution < -0.4 is 11.1 Å². The Morgan fingerprint density at radius 3 is 2.67 bits per heavy atom. The molecule has 1 amide bonds. The van der Waals surface area contributed by atoms with Gasteiger partial charge in [-0.3, -0.25) is 4.79 Å². The van der Waals surface area contributed by atoms with Gasteiger partial charge in [0.05, 0.1) is 11.7 Å². The Balaban J connectivity index is 0.00000220. The van der Waals surface area contributed by atoms with Crippen LogP contribution in [0.5, 0.6) is 0 Å². The molecule has 0 saturated carbocycles. The van der Waals surface area contributed by atoms with Gasteiger partial charge in [0.15, 0.2) is 5.65 Å². The summed E-state index contributed by atoms with van der Waals surface area (Å²) in [5.74, 6) is -0.174. The monoisotopic (exact) mass is 311 g/mol. The summed E-state index contributed by atoms with van der Waals surface area (Å²) in [7, 11) is 0. The highest BCUT2D eigenvalue weighted by Crippen LogP contribution is 2.16. The molecule has 2 heterocycles. The lowest BCUT2D eigenvalue weighted by Crippen LogP contribution is -2.52. The molecule has 21 heavy (non-hydrogen) atoms. The number of nitrogens with zero attached hydrogens (tertiary/aromatic N) is 3. The van der Waals surface area contributed by atoms with Gasteiger partial charge in [-0.25, -0.2) is 9.50 Å². The van der Waals surface area contributed by atoms with Crippen molar-refractivity contribution in [1.29, 1.82) is 0 Å². The van der Waals surface area contributed by atoms with Crippen molar-refractivity contribution in [2.45, 2.75) is 39.2 Å². The van der Waals surface area contributed by atoms with E-state index in [2.05, 4.69) is 15.4 Å². The molecule has 0 aliphatic rings. The van der Waals surface area contributed by atoms with Gasteiger partial charge in [-0.2, -0.15) is 5.10 Å². The Labute approximate surface area is 130 Å². The third-order valence-corrected chi connectivity index (χ3v) is 3.88. The number of rotatable bonds is 5. The molecule has 0 fully saturated rings. The van der Waals surface area contributed by atoms with Crippen LogP contribution in [0.1, 0.15) is 42.7 Å². The molecule has 2 aromatic heterocycles. The van der Waals surface area contributed by atoms with Gasteiger partial charge in [0.2, 0.25) is 0 Å². The zero-order valence-electron chi connectivity index (χ0n) is 12.6. The summed E-state index contributed by atoms with van der Waals surface area (Å²) >= 11 is 0. The van der Waals surface area contributed by atoms with E-state index in [9.17, 15) is 4.79 Å². The maximum atomic E-state index is 12.5. The highest BCUT2D eigenvalue weighted by atomic mass is 35.5. The van der Waals surface area contributed by atoms with E-state index in [0.717, 1.165) is 18.5 Å². The standard InChI is InChI=1S/C14H21N5O.ClH/c1-4-14(5-2,9-15)18-13(20)11-8-16-19-7-6-10(3)17-12(11)19;/h6-8H,4-5,9,15H2,1-3H3,(H,18,20);1H. The van der Waals surface area contributed by atoms with Gasteiger partial charge in [-0.15, -0.1) is 12.4 Å². The summed E-state index contributed by atoms with van der Waals surface area (Å²) in [5, 5.41) is 7.19. The van der Waals surface area contributed by atoms with Crippen LogP contribution in [-0.4, -0.2) is 32.6 Å². The van der Waals surface area contributed by atoms with Crippen LogP contribution in [-0.2, 0) is 0 Å². The summed E-state index contributed by atoms with van der Waals surface area (Å²) in [6, 6.07) is 1.85. The molecule has 0 unspecified atom stereocenters. The van der Waals surface area contributed by atoms with Crippen molar-refractivity contribution in [2.75, 3.05) is 6.54 Å². The van der Waals surface area contributed by atoms with Crippen LogP contribution in [0.2, 0.25) is 0 Å². The van der Waals surface area contributed by atoms with Gasteiger partial charge in [0.1, 0.15) is 5.56 Å². The summed E-state index contributed by atoms with van der Waals surface area (Å²) < 4.78 is 1.60. The fourth-order valence-electron chi connectivity index (χ4n) is 2.19. The second-order valence-corrected chi connectivity index (χ2v) is 5.04. The lowest BCUT2D eigenvalue weighted by molar-refractivity contribution is 0.0897. The Morgan fingerprint density at radius 2 is 2.10 bits per heavy atom. The van der Waals surface area contributed by atoms with Crippen LogP contribution in [0, 0.1) is 6.92 Å². The number of carbonyl (C=O) groups is 1. The normalized spacial score (nSPS) is 11.2. The van der Waals surface area contributed by atoms with Gasteiger partial charge in [0, 0.05) is 18.4 Å². The summed E-state index contributed by atoms with van der Waals surface area (Å²) in [6.07, 6.45) is 4.92. The third-order valence-electron chi connectivity index (χ3n) is 3.88. The Morgan fingerprint density at radius 1 is 1.43 bits per heavy atom. The minimum absolute atomic E-state index is 0. The maximum Gasteiger partial charge on any atom is 0.257 e. The third kappa shape index (κ3) is 3.33. The molecule has 0 atom stereocenters. The molecule has 116 valence electrons. The highest BCUT2D eigenvalue weighted by Gasteiger charge is 2.28. The number of carbonyl (C=O) groups excluding carboxylic acids is 1.